The van der Waals surface area contributed by atoms with Crippen LogP contribution in [0.15, 0.2) is 24.3 Å². The quantitative estimate of drug-likeness (QED) is 0.750. The van der Waals surface area contributed by atoms with E-state index in [0.29, 0.717) is 0 Å². The van der Waals surface area contributed by atoms with Gasteiger partial charge >= 0.3 is 0 Å². The van der Waals surface area contributed by atoms with Crippen molar-refractivity contribution in [3.63, 3.8) is 0 Å². The number of nitrogens with zero attached hydrogens (tertiary/aromatic N) is 1. The molecule has 0 bridgehead atoms. The Hall–Kier alpha value is -1.06. The summed E-state index contributed by atoms with van der Waals surface area (Å²) in [6, 6.07) is 8.31. The van der Waals surface area contributed by atoms with Crippen molar-refractivity contribution in [1.82, 2.24) is 0 Å². The maximum Gasteiger partial charge on any atom is 0.0641 e. The molecule has 0 aliphatic carbocycles. The Labute approximate surface area is 98.2 Å². The van der Waals surface area contributed by atoms with Gasteiger partial charge in [0.05, 0.1) is 6.61 Å². The lowest BCUT2D eigenvalue weighted by atomic mass is 10.1. The van der Waals surface area contributed by atoms with E-state index in [4.69, 9.17) is 10.5 Å². The lowest BCUT2D eigenvalue weighted by Crippen LogP contribution is -2.24. The molecule has 0 radical (unpaired) electrons. The predicted octanol–water partition coefficient (Wildman–Crippen LogP) is 2.18. The molecule has 0 spiro atoms. The third-order valence-corrected chi connectivity index (χ3v) is 2.61. The fourth-order valence-electron chi connectivity index (χ4n) is 1.69. The number of nitrogens with two attached hydrogens (primary N) is 1. The molecule has 16 heavy (non-hydrogen) atoms. The number of para-hydroxylation sites is 1. The molecule has 0 aliphatic heterocycles. The second-order valence-electron chi connectivity index (χ2n) is 3.97. The summed E-state index contributed by atoms with van der Waals surface area (Å²) in [6.45, 7) is 6.42. The van der Waals surface area contributed by atoms with Crippen LogP contribution >= 0.6 is 0 Å². The molecule has 90 valence electrons. The highest BCUT2D eigenvalue weighted by atomic mass is 16.5. The zero-order valence-electron chi connectivity index (χ0n) is 10.4. The smallest absolute Gasteiger partial charge is 0.0641 e. The molecule has 1 aromatic carbocycles. The average molecular weight is 222 g/mol. The standard InChI is InChI=1S/C13H22N2O/c1-4-16-10-9-15(3)13-8-6-5-7-12(13)11(2)14/h5-8,11H,4,9-10,14H2,1-3H3/t11-/m1/s1. The first-order valence-corrected chi connectivity index (χ1v) is 5.80. The van der Waals surface area contributed by atoms with Crippen LogP contribution < -0.4 is 10.6 Å². The molecule has 1 aromatic rings. The van der Waals surface area contributed by atoms with Crippen LogP contribution in [0.3, 0.4) is 0 Å². The van der Waals surface area contributed by atoms with E-state index in [9.17, 15) is 0 Å². The number of hydrogen-bond donors (Lipinski definition) is 1. The van der Waals surface area contributed by atoms with Crippen molar-refractivity contribution in [3.8, 4) is 0 Å². The van der Waals surface area contributed by atoms with E-state index in [1.807, 2.05) is 26.0 Å². The Kier molecular flexibility index (Phi) is 5.29. The Morgan fingerprint density at radius 1 is 1.38 bits per heavy atom. The summed E-state index contributed by atoms with van der Waals surface area (Å²) >= 11 is 0. The van der Waals surface area contributed by atoms with E-state index in [1.54, 1.807) is 0 Å². The third kappa shape index (κ3) is 3.51. The van der Waals surface area contributed by atoms with Gasteiger partial charge in [0.1, 0.15) is 0 Å². The molecule has 0 saturated heterocycles. The van der Waals surface area contributed by atoms with E-state index >= 15 is 0 Å². The molecule has 0 saturated carbocycles. The van der Waals surface area contributed by atoms with Crippen LogP contribution in [0.5, 0.6) is 0 Å². The molecule has 0 heterocycles. The van der Waals surface area contributed by atoms with E-state index in [-0.39, 0.29) is 6.04 Å². The molecule has 0 unspecified atom stereocenters. The first-order chi connectivity index (χ1) is 7.66. The molecule has 1 rings (SSSR count). The van der Waals surface area contributed by atoms with E-state index in [1.165, 1.54) is 11.3 Å². The van der Waals surface area contributed by atoms with Gasteiger partial charge in [0.2, 0.25) is 0 Å². The average Bonchev–Trinajstić information content (AvgIpc) is 2.29. The maximum absolute atomic E-state index is 5.95. The van der Waals surface area contributed by atoms with Gasteiger partial charge in [0.15, 0.2) is 0 Å². The highest BCUT2D eigenvalue weighted by molar-refractivity contribution is 5.54. The maximum atomic E-state index is 5.95. The molecular weight excluding hydrogens is 200 g/mol. The first-order valence-electron chi connectivity index (χ1n) is 5.80. The van der Waals surface area contributed by atoms with E-state index < -0.39 is 0 Å². The zero-order valence-corrected chi connectivity index (χ0v) is 10.4. The van der Waals surface area contributed by atoms with Crippen molar-refractivity contribution in [1.29, 1.82) is 0 Å². The Morgan fingerprint density at radius 2 is 2.06 bits per heavy atom. The van der Waals surface area contributed by atoms with Gasteiger partial charge < -0.3 is 15.4 Å². The number of rotatable bonds is 6. The molecule has 0 aliphatic rings. The summed E-state index contributed by atoms with van der Waals surface area (Å²) in [5, 5.41) is 0. The van der Waals surface area contributed by atoms with Crippen LogP contribution in [-0.4, -0.2) is 26.8 Å². The molecule has 3 heteroatoms. The number of ether oxygens (including phenoxy) is 1. The minimum Gasteiger partial charge on any atom is -0.380 e. The van der Waals surface area contributed by atoms with Crippen molar-refractivity contribution < 1.29 is 4.74 Å². The summed E-state index contributed by atoms with van der Waals surface area (Å²) in [5.41, 5.74) is 8.32. The monoisotopic (exact) mass is 222 g/mol. The summed E-state index contributed by atoms with van der Waals surface area (Å²) in [5.74, 6) is 0. The fraction of sp³-hybridized carbons (Fsp3) is 0.538. The molecular formula is C13H22N2O. The van der Waals surface area contributed by atoms with Gasteiger partial charge in [-0.05, 0) is 25.5 Å². The summed E-state index contributed by atoms with van der Waals surface area (Å²) in [7, 11) is 2.07. The van der Waals surface area contributed by atoms with Crippen LogP contribution in [0.4, 0.5) is 5.69 Å². The third-order valence-electron chi connectivity index (χ3n) is 2.61. The van der Waals surface area contributed by atoms with E-state index in [2.05, 4.69) is 24.1 Å². The van der Waals surface area contributed by atoms with Crippen molar-refractivity contribution in [3.05, 3.63) is 29.8 Å². The van der Waals surface area contributed by atoms with Gasteiger partial charge in [-0.1, -0.05) is 18.2 Å². The van der Waals surface area contributed by atoms with E-state index in [0.717, 1.165) is 19.8 Å². The topological polar surface area (TPSA) is 38.5 Å². The highest BCUT2D eigenvalue weighted by Crippen LogP contribution is 2.23. The Morgan fingerprint density at radius 3 is 2.69 bits per heavy atom. The predicted molar refractivity (Wildman–Crippen MR) is 68.8 cm³/mol. The number of hydrogen-bond acceptors (Lipinski definition) is 3. The van der Waals surface area contributed by atoms with Crippen LogP contribution in [0.25, 0.3) is 0 Å². The van der Waals surface area contributed by atoms with Crippen LogP contribution in [0, 0.1) is 0 Å². The van der Waals surface area contributed by atoms with Crippen molar-refractivity contribution in [2.45, 2.75) is 19.9 Å². The number of anilines is 1. The number of benzene rings is 1. The lowest BCUT2D eigenvalue weighted by Gasteiger charge is -2.23. The summed E-state index contributed by atoms with van der Waals surface area (Å²) in [4.78, 5) is 2.19. The van der Waals surface area contributed by atoms with Gasteiger partial charge in [-0.2, -0.15) is 0 Å². The molecule has 2 N–H and O–H groups in total. The second-order valence-corrected chi connectivity index (χ2v) is 3.97. The van der Waals surface area contributed by atoms with Gasteiger partial charge in [0.25, 0.3) is 0 Å². The highest BCUT2D eigenvalue weighted by Gasteiger charge is 2.09. The molecule has 1 atom stereocenters. The van der Waals surface area contributed by atoms with Gasteiger partial charge in [-0.25, -0.2) is 0 Å². The minimum absolute atomic E-state index is 0.0609. The van der Waals surface area contributed by atoms with Crippen molar-refractivity contribution in [2.24, 2.45) is 5.73 Å². The summed E-state index contributed by atoms with van der Waals surface area (Å²) < 4.78 is 5.35. The largest absolute Gasteiger partial charge is 0.380 e. The Balaban J connectivity index is 2.70. The summed E-state index contributed by atoms with van der Waals surface area (Å²) in [6.07, 6.45) is 0. The first kappa shape index (κ1) is 13.0. The van der Waals surface area contributed by atoms with Gasteiger partial charge in [-0.3, -0.25) is 0 Å². The fourth-order valence-corrected chi connectivity index (χ4v) is 1.69. The SMILES string of the molecule is CCOCCN(C)c1ccccc1[C@@H](C)N. The number of likely N-dealkylation sites (N-methyl/N-ethyl adjacent to an activating group) is 1. The van der Waals surface area contributed by atoms with Crippen LogP contribution in [0.2, 0.25) is 0 Å². The van der Waals surface area contributed by atoms with Gasteiger partial charge in [-0.15, -0.1) is 0 Å². The Bertz CT molecular complexity index is 313. The van der Waals surface area contributed by atoms with Gasteiger partial charge in [0, 0.05) is 31.9 Å². The van der Waals surface area contributed by atoms with Crippen molar-refractivity contribution in [2.75, 3.05) is 31.7 Å². The minimum atomic E-state index is 0.0609. The molecule has 0 fully saturated rings. The second kappa shape index (κ2) is 6.51. The molecule has 3 nitrogen and oxygen atoms in total. The lowest BCUT2D eigenvalue weighted by molar-refractivity contribution is 0.154. The molecule has 0 amide bonds. The van der Waals surface area contributed by atoms with Crippen LogP contribution in [0.1, 0.15) is 25.5 Å². The normalized spacial score (nSPS) is 12.5. The van der Waals surface area contributed by atoms with Crippen molar-refractivity contribution >= 4 is 5.69 Å². The molecule has 0 aromatic heterocycles. The van der Waals surface area contributed by atoms with Crippen LogP contribution in [-0.2, 0) is 4.74 Å². The zero-order chi connectivity index (χ0) is 12.0.